The van der Waals surface area contributed by atoms with Crippen LogP contribution in [0.3, 0.4) is 0 Å². The molecule has 0 aliphatic carbocycles. The van der Waals surface area contributed by atoms with Gasteiger partial charge < -0.3 is 4.90 Å². The van der Waals surface area contributed by atoms with E-state index in [0.29, 0.717) is 0 Å². The van der Waals surface area contributed by atoms with Crippen LogP contribution in [0, 0.1) is 0 Å². The monoisotopic (exact) mass is 323 g/mol. The molecule has 0 aliphatic heterocycles. The van der Waals surface area contributed by atoms with E-state index in [2.05, 4.69) is 37.8 Å². The summed E-state index contributed by atoms with van der Waals surface area (Å²) in [5, 5.41) is 0. The van der Waals surface area contributed by atoms with Crippen LogP contribution in [0.2, 0.25) is 0 Å². The lowest BCUT2D eigenvalue weighted by Crippen LogP contribution is -2.25. The highest BCUT2D eigenvalue weighted by Crippen LogP contribution is 2.09. The summed E-state index contributed by atoms with van der Waals surface area (Å²) in [6.07, 6.45) is 24.1. The molecular formula is C22H45N. The van der Waals surface area contributed by atoms with Crippen LogP contribution < -0.4 is 0 Å². The molecule has 0 aliphatic rings. The molecule has 1 heteroatoms. The van der Waals surface area contributed by atoms with Crippen LogP contribution >= 0.6 is 0 Å². The molecule has 0 saturated carbocycles. The molecule has 0 bridgehead atoms. The third-order valence-corrected chi connectivity index (χ3v) is 4.76. The van der Waals surface area contributed by atoms with E-state index in [-0.39, 0.29) is 0 Å². The van der Waals surface area contributed by atoms with Gasteiger partial charge in [-0.25, -0.2) is 0 Å². The quantitative estimate of drug-likeness (QED) is 0.188. The van der Waals surface area contributed by atoms with Crippen LogP contribution in [-0.2, 0) is 0 Å². The molecule has 23 heavy (non-hydrogen) atoms. The second kappa shape index (κ2) is 19.7. The van der Waals surface area contributed by atoms with Crippen molar-refractivity contribution in [2.75, 3.05) is 19.6 Å². The predicted octanol–water partition coefficient (Wildman–Crippen LogP) is 7.37. The molecular weight excluding hydrogens is 278 g/mol. The number of rotatable bonds is 18. The van der Waals surface area contributed by atoms with Crippen LogP contribution in [0.15, 0.2) is 12.2 Å². The Morgan fingerprint density at radius 3 is 1.57 bits per heavy atom. The Balaban J connectivity index is 3.28. The maximum atomic E-state index is 2.65. The zero-order valence-electron chi connectivity index (χ0n) is 16.6. The molecule has 0 atom stereocenters. The minimum absolute atomic E-state index is 1.23. The summed E-state index contributed by atoms with van der Waals surface area (Å²) >= 11 is 0. The number of hydrogen-bond acceptors (Lipinski definition) is 1. The van der Waals surface area contributed by atoms with Crippen molar-refractivity contribution < 1.29 is 0 Å². The minimum atomic E-state index is 1.23. The lowest BCUT2D eigenvalue weighted by atomic mass is 10.1. The van der Waals surface area contributed by atoms with Crippen molar-refractivity contribution in [3.8, 4) is 0 Å². The maximum absolute atomic E-state index is 2.65. The molecule has 0 unspecified atom stereocenters. The van der Waals surface area contributed by atoms with Crippen molar-refractivity contribution in [1.82, 2.24) is 4.90 Å². The van der Waals surface area contributed by atoms with E-state index in [0.717, 1.165) is 0 Å². The van der Waals surface area contributed by atoms with E-state index >= 15 is 0 Å². The second-order valence-corrected chi connectivity index (χ2v) is 7.02. The highest BCUT2D eigenvalue weighted by atomic mass is 15.1. The maximum Gasteiger partial charge on any atom is -0.00189 e. The predicted molar refractivity (Wildman–Crippen MR) is 107 cm³/mol. The largest absolute Gasteiger partial charge is 0.304 e. The summed E-state index contributed by atoms with van der Waals surface area (Å²) in [5.74, 6) is 0. The Bertz CT molecular complexity index is 234. The summed E-state index contributed by atoms with van der Waals surface area (Å²) in [4.78, 5) is 2.65. The molecule has 0 amide bonds. The van der Waals surface area contributed by atoms with Crippen molar-refractivity contribution in [2.24, 2.45) is 0 Å². The van der Waals surface area contributed by atoms with E-state index in [1.54, 1.807) is 0 Å². The second-order valence-electron chi connectivity index (χ2n) is 7.02. The zero-order valence-corrected chi connectivity index (χ0v) is 16.6. The van der Waals surface area contributed by atoms with Crippen LogP contribution in [0.1, 0.15) is 111 Å². The molecule has 0 heterocycles. The third-order valence-electron chi connectivity index (χ3n) is 4.76. The van der Waals surface area contributed by atoms with Gasteiger partial charge in [-0.1, -0.05) is 90.7 Å². The van der Waals surface area contributed by atoms with Gasteiger partial charge in [-0.05, 0) is 51.7 Å². The number of hydrogen-bond donors (Lipinski definition) is 0. The molecule has 0 saturated heterocycles. The van der Waals surface area contributed by atoms with Crippen LogP contribution in [-0.4, -0.2) is 24.5 Å². The Hall–Kier alpha value is -0.300. The average molecular weight is 324 g/mol. The van der Waals surface area contributed by atoms with Gasteiger partial charge in [0, 0.05) is 0 Å². The summed E-state index contributed by atoms with van der Waals surface area (Å²) in [6, 6.07) is 0. The molecule has 138 valence electrons. The van der Waals surface area contributed by atoms with Gasteiger partial charge in [0.25, 0.3) is 0 Å². The van der Waals surface area contributed by atoms with Gasteiger partial charge in [-0.3, -0.25) is 0 Å². The SMILES string of the molecule is CCCC/C=C\CCCCCCCCN(CC)CCCCCC. The smallest absolute Gasteiger partial charge is 0.00189 e. The van der Waals surface area contributed by atoms with E-state index < -0.39 is 0 Å². The number of nitrogens with zero attached hydrogens (tertiary/aromatic N) is 1. The summed E-state index contributed by atoms with van der Waals surface area (Å²) in [7, 11) is 0. The summed E-state index contributed by atoms with van der Waals surface area (Å²) in [5.41, 5.74) is 0. The highest BCUT2D eigenvalue weighted by Gasteiger charge is 2.01. The van der Waals surface area contributed by atoms with E-state index in [1.165, 1.54) is 110 Å². The van der Waals surface area contributed by atoms with Crippen molar-refractivity contribution in [3.63, 3.8) is 0 Å². The van der Waals surface area contributed by atoms with Gasteiger partial charge in [-0.2, -0.15) is 0 Å². The standard InChI is InChI=1S/C22H45N/c1-4-7-9-11-12-13-14-15-16-17-18-20-22-23(6-3)21-19-10-8-5-2/h11-12H,4-10,13-22H2,1-3H3/b12-11-. The Kier molecular flexibility index (Phi) is 19.5. The van der Waals surface area contributed by atoms with E-state index in [4.69, 9.17) is 0 Å². The molecule has 0 fully saturated rings. The molecule has 0 aromatic carbocycles. The topological polar surface area (TPSA) is 3.24 Å². The van der Waals surface area contributed by atoms with Crippen molar-refractivity contribution >= 4 is 0 Å². The zero-order chi connectivity index (χ0) is 17.0. The fourth-order valence-electron chi connectivity index (χ4n) is 3.05. The first-order chi connectivity index (χ1) is 11.3. The lowest BCUT2D eigenvalue weighted by molar-refractivity contribution is 0.273. The molecule has 0 rings (SSSR count). The van der Waals surface area contributed by atoms with Crippen molar-refractivity contribution in [2.45, 2.75) is 111 Å². The van der Waals surface area contributed by atoms with Crippen LogP contribution in [0.5, 0.6) is 0 Å². The number of unbranched alkanes of at least 4 members (excludes halogenated alkanes) is 11. The molecule has 1 nitrogen and oxygen atoms in total. The van der Waals surface area contributed by atoms with Crippen LogP contribution in [0.4, 0.5) is 0 Å². The molecule has 0 aromatic rings. The Labute approximate surface area is 147 Å². The van der Waals surface area contributed by atoms with Gasteiger partial charge in [0.2, 0.25) is 0 Å². The Morgan fingerprint density at radius 1 is 0.522 bits per heavy atom. The van der Waals surface area contributed by atoms with E-state index in [1.807, 2.05) is 0 Å². The van der Waals surface area contributed by atoms with Gasteiger partial charge in [-0.15, -0.1) is 0 Å². The number of allylic oxidation sites excluding steroid dienone is 2. The van der Waals surface area contributed by atoms with Gasteiger partial charge in [0.15, 0.2) is 0 Å². The van der Waals surface area contributed by atoms with Crippen molar-refractivity contribution in [1.29, 1.82) is 0 Å². The van der Waals surface area contributed by atoms with Gasteiger partial charge >= 0.3 is 0 Å². The van der Waals surface area contributed by atoms with Crippen LogP contribution in [0.25, 0.3) is 0 Å². The highest BCUT2D eigenvalue weighted by molar-refractivity contribution is 4.81. The lowest BCUT2D eigenvalue weighted by Gasteiger charge is -2.20. The van der Waals surface area contributed by atoms with Gasteiger partial charge in [0.1, 0.15) is 0 Å². The summed E-state index contributed by atoms with van der Waals surface area (Å²) in [6.45, 7) is 10.7. The molecule has 0 N–H and O–H groups in total. The first-order valence-corrected chi connectivity index (χ1v) is 10.7. The molecule has 0 aromatic heterocycles. The van der Waals surface area contributed by atoms with Crippen molar-refractivity contribution in [3.05, 3.63) is 12.2 Å². The fourth-order valence-corrected chi connectivity index (χ4v) is 3.05. The minimum Gasteiger partial charge on any atom is -0.304 e. The first kappa shape index (κ1) is 22.7. The first-order valence-electron chi connectivity index (χ1n) is 10.7. The molecule has 0 radical (unpaired) electrons. The van der Waals surface area contributed by atoms with E-state index in [9.17, 15) is 0 Å². The molecule has 0 spiro atoms. The summed E-state index contributed by atoms with van der Waals surface area (Å²) < 4.78 is 0. The fraction of sp³-hybridized carbons (Fsp3) is 0.909. The van der Waals surface area contributed by atoms with Gasteiger partial charge in [0.05, 0.1) is 0 Å². The Morgan fingerprint density at radius 2 is 1.00 bits per heavy atom. The average Bonchev–Trinajstić information content (AvgIpc) is 2.57. The normalized spacial score (nSPS) is 11.8. The third kappa shape index (κ3) is 17.9.